The number of carbonyl (C=O) groups is 1. The minimum Gasteiger partial charge on any atom is -0.497 e. The molecule has 2 aromatic carbocycles. The lowest BCUT2D eigenvalue weighted by Crippen LogP contribution is -2.26. The van der Waals surface area contributed by atoms with Crippen molar-refractivity contribution in [3.8, 4) is 17.2 Å². The Hall–Kier alpha value is -2.35. The molecule has 1 amide bonds. The van der Waals surface area contributed by atoms with Gasteiger partial charge in [0.15, 0.2) is 11.5 Å². The van der Waals surface area contributed by atoms with Crippen molar-refractivity contribution in [2.75, 3.05) is 21.3 Å². The van der Waals surface area contributed by atoms with Gasteiger partial charge in [-0.25, -0.2) is 0 Å². The fourth-order valence-electron chi connectivity index (χ4n) is 2.35. The highest BCUT2D eigenvalue weighted by atomic mass is 79.9. The average molecular weight is 430 g/mol. The topological polar surface area (TPSA) is 48.0 Å². The van der Waals surface area contributed by atoms with Crippen LogP contribution in [0.15, 0.2) is 40.9 Å². The first kappa shape index (κ1) is 20.0. The number of hydrogen-bond acceptors (Lipinski definition) is 4. The summed E-state index contributed by atoms with van der Waals surface area (Å²) in [7, 11) is 4.50. The predicted molar refractivity (Wildman–Crippen MR) is 96.1 cm³/mol. The summed E-state index contributed by atoms with van der Waals surface area (Å²) in [6, 6.07) is 9.71. The first-order chi connectivity index (χ1) is 12.3. The highest BCUT2D eigenvalue weighted by Gasteiger charge is 2.18. The van der Waals surface area contributed by atoms with Crippen molar-refractivity contribution in [3.63, 3.8) is 0 Å². The molecule has 140 valence electrons. The van der Waals surface area contributed by atoms with Gasteiger partial charge in [0.2, 0.25) is 0 Å². The quantitative estimate of drug-likeness (QED) is 0.656. The second-order valence-electron chi connectivity index (χ2n) is 5.37. The van der Waals surface area contributed by atoms with Crippen LogP contribution in [0.3, 0.4) is 0 Å². The van der Waals surface area contributed by atoms with Crippen LogP contribution < -0.4 is 14.2 Å². The molecule has 0 bridgehead atoms. The van der Waals surface area contributed by atoms with Crippen molar-refractivity contribution < 1.29 is 27.8 Å². The predicted octanol–water partition coefficient (Wildman–Crippen LogP) is 4.34. The first-order valence-corrected chi connectivity index (χ1v) is 8.35. The van der Waals surface area contributed by atoms with Crippen LogP contribution in [0.2, 0.25) is 0 Å². The number of methoxy groups -OCH3 is 2. The van der Waals surface area contributed by atoms with E-state index in [1.165, 1.54) is 31.3 Å². The van der Waals surface area contributed by atoms with Gasteiger partial charge in [-0.3, -0.25) is 4.79 Å². The van der Waals surface area contributed by atoms with Crippen molar-refractivity contribution in [3.05, 3.63) is 52.0 Å². The van der Waals surface area contributed by atoms with Crippen LogP contribution in [-0.4, -0.2) is 38.7 Å². The Bertz CT molecular complexity index is 786. The summed E-state index contributed by atoms with van der Waals surface area (Å²) < 4.78 is 40.3. The third kappa shape index (κ3) is 4.85. The number of amides is 1. The molecule has 0 aliphatic heterocycles. The fourth-order valence-corrected chi connectivity index (χ4v) is 2.77. The molecular formula is C18H18BrF2NO4. The number of carbonyl (C=O) groups excluding carboxylic acids is 1. The Kier molecular flexibility index (Phi) is 6.79. The minimum absolute atomic E-state index is 0.0802. The summed E-state index contributed by atoms with van der Waals surface area (Å²) >= 11 is 3.35. The molecule has 0 heterocycles. The monoisotopic (exact) mass is 429 g/mol. The molecule has 2 aromatic rings. The molecule has 5 nitrogen and oxygen atoms in total. The zero-order chi connectivity index (χ0) is 19.3. The summed E-state index contributed by atoms with van der Waals surface area (Å²) in [5, 5.41) is 0. The van der Waals surface area contributed by atoms with Gasteiger partial charge in [0.05, 0.1) is 19.8 Å². The lowest BCUT2D eigenvalue weighted by Gasteiger charge is -2.19. The van der Waals surface area contributed by atoms with Crippen LogP contribution in [0.4, 0.5) is 8.78 Å². The Labute approximate surface area is 158 Å². The van der Waals surface area contributed by atoms with Crippen molar-refractivity contribution in [1.82, 2.24) is 4.90 Å². The Morgan fingerprint density at radius 2 is 1.85 bits per heavy atom. The molecular weight excluding hydrogens is 412 g/mol. The van der Waals surface area contributed by atoms with Crippen molar-refractivity contribution in [2.45, 2.75) is 13.2 Å². The normalized spacial score (nSPS) is 10.6. The van der Waals surface area contributed by atoms with E-state index in [2.05, 4.69) is 20.7 Å². The number of benzene rings is 2. The molecule has 0 saturated carbocycles. The van der Waals surface area contributed by atoms with Crippen LogP contribution >= 0.6 is 15.9 Å². The van der Waals surface area contributed by atoms with Gasteiger partial charge in [0.1, 0.15) is 5.75 Å². The molecule has 0 spiro atoms. The van der Waals surface area contributed by atoms with E-state index in [1.54, 1.807) is 31.3 Å². The maximum Gasteiger partial charge on any atom is 0.387 e. The molecule has 0 aliphatic carbocycles. The summed E-state index contributed by atoms with van der Waals surface area (Å²) in [6.07, 6.45) is 0. The molecule has 26 heavy (non-hydrogen) atoms. The number of alkyl halides is 2. The third-order valence-electron chi connectivity index (χ3n) is 3.61. The van der Waals surface area contributed by atoms with Crippen molar-refractivity contribution >= 4 is 21.8 Å². The second kappa shape index (κ2) is 8.84. The maximum absolute atomic E-state index is 12.7. The molecule has 2 rings (SSSR count). The molecule has 0 saturated heterocycles. The lowest BCUT2D eigenvalue weighted by molar-refractivity contribution is -0.0512. The van der Waals surface area contributed by atoms with Gasteiger partial charge < -0.3 is 19.1 Å². The van der Waals surface area contributed by atoms with Crippen molar-refractivity contribution in [2.24, 2.45) is 0 Å². The Morgan fingerprint density at radius 1 is 1.12 bits per heavy atom. The van der Waals surface area contributed by atoms with E-state index in [4.69, 9.17) is 9.47 Å². The van der Waals surface area contributed by atoms with Gasteiger partial charge in [-0.05, 0) is 51.8 Å². The summed E-state index contributed by atoms with van der Waals surface area (Å²) in [5.74, 6) is 0.423. The largest absolute Gasteiger partial charge is 0.497 e. The summed E-state index contributed by atoms with van der Waals surface area (Å²) in [6.45, 7) is -2.77. The van der Waals surface area contributed by atoms with Gasteiger partial charge in [-0.1, -0.05) is 6.07 Å². The van der Waals surface area contributed by atoms with Gasteiger partial charge in [0, 0.05) is 18.1 Å². The van der Waals surface area contributed by atoms with Gasteiger partial charge >= 0.3 is 6.61 Å². The minimum atomic E-state index is -2.97. The van der Waals surface area contributed by atoms with Gasteiger partial charge in [0.25, 0.3) is 5.91 Å². The van der Waals surface area contributed by atoms with E-state index >= 15 is 0 Å². The number of halogens is 3. The Morgan fingerprint density at radius 3 is 2.46 bits per heavy atom. The van der Waals surface area contributed by atoms with E-state index in [0.717, 1.165) is 0 Å². The van der Waals surface area contributed by atoms with Gasteiger partial charge in [-0.15, -0.1) is 0 Å². The molecule has 8 heteroatoms. The second-order valence-corrected chi connectivity index (χ2v) is 6.23. The summed E-state index contributed by atoms with van der Waals surface area (Å²) in [4.78, 5) is 14.2. The van der Waals surface area contributed by atoms with E-state index in [1.807, 2.05) is 0 Å². The molecule has 0 atom stereocenters. The summed E-state index contributed by atoms with van der Waals surface area (Å²) in [5.41, 5.74) is 1.06. The number of rotatable bonds is 7. The maximum atomic E-state index is 12.7. The highest BCUT2D eigenvalue weighted by Crippen LogP contribution is 2.30. The van der Waals surface area contributed by atoms with Crippen LogP contribution in [0.5, 0.6) is 17.2 Å². The smallest absolute Gasteiger partial charge is 0.387 e. The molecule has 0 aliphatic rings. The Balaban J connectivity index is 2.21. The standard InChI is InChI=1S/C18H18BrF2NO4/c1-22(17(23)13-9-12(24-2)5-6-14(13)19)10-11-4-7-15(25-3)16(8-11)26-18(20)21/h4-9,18H,10H2,1-3H3. The number of nitrogens with zero attached hydrogens (tertiary/aromatic N) is 1. The zero-order valence-corrected chi connectivity index (χ0v) is 16.0. The highest BCUT2D eigenvalue weighted by molar-refractivity contribution is 9.10. The number of ether oxygens (including phenoxy) is 3. The first-order valence-electron chi connectivity index (χ1n) is 7.56. The molecule has 0 aromatic heterocycles. The fraction of sp³-hybridized carbons (Fsp3) is 0.278. The molecule has 0 fully saturated rings. The average Bonchev–Trinajstić information content (AvgIpc) is 2.61. The van der Waals surface area contributed by atoms with E-state index in [0.29, 0.717) is 21.3 Å². The van der Waals surface area contributed by atoms with Crippen molar-refractivity contribution in [1.29, 1.82) is 0 Å². The van der Waals surface area contributed by atoms with Gasteiger partial charge in [-0.2, -0.15) is 8.78 Å². The number of hydrogen-bond donors (Lipinski definition) is 0. The molecule has 0 radical (unpaired) electrons. The zero-order valence-electron chi connectivity index (χ0n) is 14.5. The van der Waals surface area contributed by atoms with E-state index in [9.17, 15) is 13.6 Å². The SMILES string of the molecule is COc1ccc(Br)c(C(=O)N(C)Cc2ccc(OC)c(OC(F)F)c2)c1. The molecule has 0 N–H and O–H groups in total. The van der Waals surface area contributed by atoms with Crippen LogP contribution in [0.25, 0.3) is 0 Å². The third-order valence-corrected chi connectivity index (χ3v) is 4.31. The van der Waals surface area contributed by atoms with E-state index in [-0.39, 0.29) is 24.0 Å². The van der Waals surface area contributed by atoms with Crippen LogP contribution in [-0.2, 0) is 6.54 Å². The van der Waals surface area contributed by atoms with Crippen LogP contribution in [0.1, 0.15) is 15.9 Å². The lowest BCUT2D eigenvalue weighted by atomic mass is 10.1. The van der Waals surface area contributed by atoms with Crippen LogP contribution in [0, 0.1) is 0 Å². The molecule has 0 unspecified atom stereocenters. The van der Waals surface area contributed by atoms with E-state index < -0.39 is 6.61 Å².